The Morgan fingerprint density at radius 3 is 2.86 bits per heavy atom. The lowest BCUT2D eigenvalue weighted by Crippen LogP contribution is -2.32. The predicted molar refractivity (Wildman–Crippen MR) is 80.6 cm³/mol. The van der Waals surface area contributed by atoms with Gasteiger partial charge in [-0.1, -0.05) is 18.5 Å². The summed E-state index contributed by atoms with van der Waals surface area (Å²) >= 11 is 5.93. The van der Waals surface area contributed by atoms with Crippen molar-refractivity contribution in [3.05, 3.63) is 45.1 Å². The van der Waals surface area contributed by atoms with E-state index >= 15 is 0 Å². The van der Waals surface area contributed by atoms with Crippen LogP contribution in [0.5, 0.6) is 0 Å². The van der Waals surface area contributed by atoms with Gasteiger partial charge in [0.1, 0.15) is 0 Å². The van der Waals surface area contributed by atoms with Crippen LogP contribution in [0.1, 0.15) is 31.3 Å². The number of aromatic nitrogens is 3. The first-order chi connectivity index (χ1) is 9.99. The number of nitrogens with one attached hydrogen (secondary N) is 4. The molecule has 0 saturated heterocycles. The van der Waals surface area contributed by atoms with Crippen molar-refractivity contribution in [1.82, 2.24) is 20.5 Å². The van der Waals surface area contributed by atoms with E-state index in [9.17, 15) is 9.59 Å². The van der Waals surface area contributed by atoms with Crippen molar-refractivity contribution in [3.8, 4) is 0 Å². The van der Waals surface area contributed by atoms with E-state index in [1.54, 1.807) is 19.1 Å². The van der Waals surface area contributed by atoms with Gasteiger partial charge in [-0.15, -0.1) is 0 Å². The maximum Gasteiger partial charge on any atom is 0.340 e. The molecular formula is C13H16ClN5O2. The summed E-state index contributed by atoms with van der Waals surface area (Å²) in [4.78, 5) is 25.4. The van der Waals surface area contributed by atoms with Gasteiger partial charge in [-0.05, 0) is 37.1 Å². The molecule has 2 aromatic rings. The number of amides is 2. The van der Waals surface area contributed by atoms with Crippen molar-refractivity contribution in [3.63, 3.8) is 0 Å². The van der Waals surface area contributed by atoms with Gasteiger partial charge in [0.2, 0.25) is 0 Å². The normalized spacial score (nSPS) is 12.0. The number of hydrogen-bond acceptors (Lipinski definition) is 3. The number of carbonyl (C=O) groups is 1. The van der Waals surface area contributed by atoms with E-state index in [2.05, 4.69) is 25.8 Å². The molecule has 4 N–H and O–H groups in total. The van der Waals surface area contributed by atoms with Crippen LogP contribution in [0.15, 0.2) is 23.0 Å². The van der Waals surface area contributed by atoms with Gasteiger partial charge in [-0.3, -0.25) is 4.98 Å². The van der Waals surface area contributed by atoms with Crippen LogP contribution in [0.2, 0.25) is 5.02 Å². The average molecular weight is 310 g/mol. The van der Waals surface area contributed by atoms with Crippen LogP contribution in [-0.2, 0) is 6.42 Å². The third kappa shape index (κ3) is 3.85. The van der Waals surface area contributed by atoms with Crippen LogP contribution in [0.4, 0.5) is 10.5 Å². The molecule has 2 rings (SSSR count). The number of nitrogens with zero attached hydrogens (tertiary/aromatic N) is 1. The van der Waals surface area contributed by atoms with Crippen LogP contribution < -0.4 is 16.3 Å². The second-order valence-electron chi connectivity index (χ2n) is 4.54. The predicted octanol–water partition coefficient (Wildman–Crippen LogP) is 2.20. The summed E-state index contributed by atoms with van der Waals surface area (Å²) < 4.78 is 0. The van der Waals surface area contributed by atoms with Crippen LogP contribution in [0.25, 0.3) is 0 Å². The minimum Gasteiger partial charge on any atom is -0.328 e. The summed E-state index contributed by atoms with van der Waals surface area (Å²) in [5, 5.41) is 12.1. The molecule has 0 fully saturated rings. The van der Waals surface area contributed by atoms with Crippen molar-refractivity contribution in [2.24, 2.45) is 0 Å². The van der Waals surface area contributed by atoms with Crippen LogP contribution in [-0.4, -0.2) is 21.2 Å². The summed E-state index contributed by atoms with van der Waals surface area (Å²) in [6, 6.07) is 4.46. The highest BCUT2D eigenvalue weighted by molar-refractivity contribution is 6.30. The van der Waals surface area contributed by atoms with Crippen molar-refractivity contribution >= 4 is 23.3 Å². The third-order valence-electron chi connectivity index (χ3n) is 2.97. The molecule has 1 atom stereocenters. The highest BCUT2D eigenvalue weighted by atomic mass is 35.5. The molecule has 1 aromatic carbocycles. The van der Waals surface area contributed by atoms with Gasteiger partial charge in [0.05, 0.1) is 6.04 Å². The molecule has 2 amide bonds. The summed E-state index contributed by atoms with van der Waals surface area (Å²) in [7, 11) is 0. The van der Waals surface area contributed by atoms with Gasteiger partial charge in [0.15, 0.2) is 5.82 Å². The van der Waals surface area contributed by atoms with Crippen molar-refractivity contribution in [2.75, 3.05) is 5.32 Å². The molecule has 0 aliphatic carbocycles. The minimum absolute atomic E-state index is 0.363. The number of rotatable bonds is 4. The Morgan fingerprint density at radius 1 is 1.48 bits per heavy atom. The Kier molecular flexibility index (Phi) is 4.64. The smallest absolute Gasteiger partial charge is 0.328 e. The monoisotopic (exact) mass is 309 g/mol. The summed E-state index contributed by atoms with van der Waals surface area (Å²) in [5.41, 5.74) is 1.23. The summed E-state index contributed by atoms with van der Waals surface area (Å²) in [6.07, 6.45) is 0.748. The summed E-state index contributed by atoms with van der Waals surface area (Å²) in [5.74, 6) is 0.363. The van der Waals surface area contributed by atoms with E-state index in [0.717, 1.165) is 12.0 Å². The van der Waals surface area contributed by atoms with E-state index in [1.807, 2.05) is 13.0 Å². The lowest BCUT2D eigenvalue weighted by atomic mass is 10.1. The van der Waals surface area contributed by atoms with Crippen molar-refractivity contribution < 1.29 is 4.79 Å². The molecule has 1 aromatic heterocycles. The fourth-order valence-electron chi connectivity index (χ4n) is 1.89. The lowest BCUT2D eigenvalue weighted by molar-refractivity contribution is 0.249. The number of aromatic amines is 2. The number of carbonyl (C=O) groups excluding carboxylic acids is 1. The molecule has 8 heteroatoms. The second kappa shape index (κ2) is 6.45. The van der Waals surface area contributed by atoms with Gasteiger partial charge >= 0.3 is 11.7 Å². The molecule has 0 bridgehead atoms. The Morgan fingerprint density at radius 2 is 2.24 bits per heavy atom. The molecule has 0 aliphatic rings. The van der Waals surface area contributed by atoms with Gasteiger partial charge in [0, 0.05) is 10.7 Å². The molecule has 112 valence electrons. The van der Waals surface area contributed by atoms with Gasteiger partial charge in [-0.2, -0.15) is 5.10 Å². The Bertz CT molecular complexity index is 694. The number of hydrogen-bond donors (Lipinski definition) is 4. The highest BCUT2D eigenvalue weighted by Crippen LogP contribution is 2.21. The van der Waals surface area contributed by atoms with E-state index in [-0.39, 0.29) is 6.03 Å². The van der Waals surface area contributed by atoms with Gasteiger partial charge in [0.25, 0.3) is 0 Å². The number of aryl methyl sites for hydroxylation is 1. The number of H-pyrrole nitrogens is 2. The molecule has 0 saturated carbocycles. The number of anilines is 1. The molecule has 0 aliphatic heterocycles. The lowest BCUT2D eigenvalue weighted by Gasteiger charge is -2.14. The zero-order chi connectivity index (χ0) is 15.4. The van der Waals surface area contributed by atoms with Crippen LogP contribution >= 0.6 is 11.6 Å². The largest absolute Gasteiger partial charge is 0.340 e. The molecule has 21 heavy (non-hydrogen) atoms. The molecular weight excluding hydrogens is 294 g/mol. The SMILES string of the molecule is CCc1cc(Cl)ccc1NC(=O)N[C@@H](C)c1n[nH]c(=O)[nH]1. The van der Waals surface area contributed by atoms with Crippen molar-refractivity contribution in [1.29, 1.82) is 0 Å². The standard InChI is InChI=1S/C13H16ClN5O2/c1-3-8-6-9(14)4-5-10(8)16-12(20)15-7(2)11-17-13(21)19-18-11/h4-7H,3H2,1-2H3,(H2,15,16,20)(H2,17,18,19,21)/t7-/m0/s1. The number of benzene rings is 1. The van der Waals surface area contributed by atoms with E-state index in [1.165, 1.54) is 0 Å². The zero-order valence-corrected chi connectivity index (χ0v) is 12.4. The van der Waals surface area contributed by atoms with Gasteiger partial charge in [-0.25, -0.2) is 14.7 Å². The maximum absolute atomic E-state index is 12.0. The molecule has 0 radical (unpaired) electrons. The summed E-state index contributed by atoms with van der Waals surface area (Å²) in [6.45, 7) is 3.69. The second-order valence-corrected chi connectivity index (χ2v) is 4.97. The molecule has 0 unspecified atom stereocenters. The zero-order valence-electron chi connectivity index (χ0n) is 11.7. The number of halogens is 1. The fraction of sp³-hybridized carbons (Fsp3) is 0.308. The van der Waals surface area contributed by atoms with E-state index in [4.69, 9.17) is 11.6 Å². The maximum atomic E-state index is 12.0. The van der Waals surface area contributed by atoms with Crippen LogP contribution in [0, 0.1) is 0 Å². The fourth-order valence-corrected chi connectivity index (χ4v) is 2.08. The minimum atomic E-state index is -0.429. The third-order valence-corrected chi connectivity index (χ3v) is 3.21. The Hall–Kier alpha value is -2.28. The molecule has 1 heterocycles. The highest BCUT2D eigenvalue weighted by Gasteiger charge is 2.13. The van der Waals surface area contributed by atoms with Crippen molar-refractivity contribution in [2.45, 2.75) is 26.3 Å². The first-order valence-electron chi connectivity index (χ1n) is 6.50. The van der Waals surface area contributed by atoms with E-state index in [0.29, 0.717) is 16.5 Å². The van der Waals surface area contributed by atoms with Gasteiger partial charge < -0.3 is 10.6 Å². The topological polar surface area (TPSA) is 103 Å². The Balaban J connectivity index is 2.03. The quantitative estimate of drug-likeness (QED) is 0.696. The molecule has 0 spiro atoms. The van der Waals surface area contributed by atoms with Crippen LogP contribution in [0.3, 0.4) is 0 Å². The molecule has 7 nitrogen and oxygen atoms in total. The number of urea groups is 1. The Labute approximate surface area is 126 Å². The first-order valence-corrected chi connectivity index (χ1v) is 6.88. The average Bonchev–Trinajstić information content (AvgIpc) is 2.87. The first kappa shape index (κ1) is 15.1. The van der Waals surface area contributed by atoms with E-state index < -0.39 is 11.7 Å².